The van der Waals surface area contributed by atoms with Crippen molar-refractivity contribution < 1.29 is 18.7 Å². The number of aldehydes is 1. The van der Waals surface area contributed by atoms with E-state index in [1.54, 1.807) is 36.4 Å². The van der Waals surface area contributed by atoms with Gasteiger partial charge in [-0.15, -0.1) is 0 Å². The molecule has 0 bridgehead atoms. The molecule has 1 heterocycles. The summed E-state index contributed by atoms with van der Waals surface area (Å²) in [5.74, 6) is -0.648. The van der Waals surface area contributed by atoms with E-state index in [4.69, 9.17) is 9.15 Å². The molecule has 0 radical (unpaired) electrons. The van der Waals surface area contributed by atoms with Crippen LogP contribution in [0.15, 0.2) is 63.8 Å². The van der Waals surface area contributed by atoms with Crippen molar-refractivity contribution in [1.29, 1.82) is 0 Å². The van der Waals surface area contributed by atoms with Gasteiger partial charge in [0, 0.05) is 10.9 Å². The van der Waals surface area contributed by atoms with Crippen molar-refractivity contribution in [2.75, 3.05) is 0 Å². The summed E-state index contributed by atoms with van der Waals surface area (Å²) in [7, 11) is 0. The summed E-state index contributed by atoms with van der Waals surface area (Å²) in [6.45, 7) is 0. The number of benzene rings is 2. The Bertz CT molecular complexity index is 923. The van der Waals surface area contributed by atoms with Crippen LogP contribution in [0.2, 0.25) is 0 Å². The number of fused-ring (bicyclic) bond motifs is 1. The van der Waals surface area contributed by atoms with E-state index in [1.807, 2.05) is 0 Å². The molecule has 108 valence electrons. The molecule has 0 aliphatic carbocycles. The zero-order chi connectivity index (χ0) is 15.5. The Morgan fingerprint density at radius 2 is 1.86 bits per heavy atom. The van der Waals surface area contributed by atoms with Gasteiger partial charge in [-0.3, -0.25) is 4.79 Å². The smallest absolute Gasteiger partial charge is 0.351 e. The van der Waals surface area contributed by atoms with Gasteiger partial charge in [0.15, 0.2) is 0 Å². The van der Waals surface area contributed by atoms with Crippen LogP contribution in [0.3, 0.4) is 0 Å². The number of hydrogen-bond donors (Lipinski definition) is 0. The van der Waals surface area contributed by atoms with Crippen molar-refractivity contribution in [3.63, 3.8) is 0 Å². The standard InChI is InChI=1S/C17H10O5/c18-10-11-4-3-6-13(8-11)21-16(19)14-9-12-5-1-2-7-15(12)22-17(14)20/h1-10H. The molecule has 3 rings (SSSR count). The normalized spacial score (nSPS) is 10.4. The molecule has 5 heteroatoms. The zero-order valence-electron chi connectivity index (χ0n) is 11.3. The van der Waals surface area contributed by atoms with E-state index in [1.165, 1.54) is 18.2 Å². The molecule has 0 fully saturated rings. The van der Waals surface area contributed by atoms with Gasteiger partial charge < -0.3 is 9.15 Å². The lowest BCUT2D eigenvalue weighted by Gasteiger charge is -2.04. The lowest BCUT2D eigenvalue weighted by atomic mass is 10.2. The maximum atomic E-state index is 12.1. The van der Waals surface area contributed by atoms with Crippen molar-refractivity contribution in [3.8, 4) is 5.75 Å². The van der Waals surface area contributed by atoms with Crippen LogP contribution in [-0.4, -0.2) is 12.3 Å². The summed E-state index contributed by atoms with van der Waals surface area (Å²) < 4.78 is 10.2. The fourth-order valence-corrected chi connectivity index (χ4v) is 2.02. The molecular formula is C17H10O5. The van der Waals surface area contributed by atoms with E-state index in [0.29, 0.717) is 22.8 Å². The first kappa shape index (κ1) is 13.8. The molecule has 0 aliphatic heterocycles. The highest BCUT2D eigenvalue weighted by Gasteiger charge is 2.16. The second-order valence-corrected chi connectivity index (χ2v) is 4.57. The first-order chi connectivity index (χ1) is 10.7. The van der Waals surface area contributed by atoms with Crippen LogP contribution in [0.1, 0.15) is 20.7 Å². The third-order valence-corrected chi connectivity index (χ3v) is 3.07. The monoisotopic (exact) mass is 294 g/mol. The quantitative estimate of drug-likeness (QED) is 0.321. The molecule has 0 saturated heterocycles. The predicted molar refractivity (Wildman–Crippen MR) is 79.3 cm³/mol. The second-order valence-electron chi connectivity index (χ2n) is 4.57. The van der Waals surface area contributed by atoms with Gasteiger partial charge in [-0.25, -0.2) is 9.59 Å². The summed E-state index contributed by atoms with van der Waals surface area (Å²) in [4.78, 5) is 34.7. The maximum absolute atomic E-state index is 12.1. The van der Waals surface area contributed by atoms with Crippen LogP contribution >= 0.6 is 0 Å². The van der Waals surface area contributed by atoms with Crippen molar-refractivity contribution in [2.24, 2.45) is 0 Å². The van der Waals surface area contributed by atoms with Crippen LogP contribution in [0.5, 0.6) is 5.75 Å². The van der Waals surface area contributed by atoms with Crippen molar-refractivity contribution in [3.05, 3.63) is 76.1 Å². The van der Waals surface area contributed by atoms with Gasteiger partial charge in [0.2, 0.25) is 0 Å². The first-order valence-corrected chi connectivity index (χ1v) is 6.48. The lowest BCUT2D eigenvalue weighted by molar-refractivity contribution is 0.0730. The summed E-state index contributed by atoms with van der Waals surface area (Å²) >= 11 is 0. The number of esters is 1. The number of hydrogen-bond acceptors (Lipinski definition) is 5. The Morgan fingerprint density at radius 1 is 1.05 bits per heavy atom. The molecule has 0 unspecified atom stereocenters. The highest BCUT2D eigenvalue weighted by molar-refractivity contribution is 5.94. The van der Waals surface area contributed by atoms with Gasteiger partial charge in [0.25, 0.3) is 0 Å². The summed E-state index contributed by atoms with van der Waals surface area (Å²) in [5.41, 5.74) is -0.201. The third kappa shape index (κ3) is 2.64. The van der Waals surface area contributed by atoms with Crippen molar-refractivity contribution in [1.82, 2.24) is 0 Å². The summed E-state index contributed by atoms with van der Waals surface area (Å²) in [5, 5.41) is 0.621. The maximum Gasteiger partial charge on any atom is 0.351 e. The molecular weight excluding hydrogens is 284 g/mol. The van der Waals surface area contributed by atoms with Crippen molar-refractivity contribution in [2.45, 2.75) is 0 Å². The molecule has 0 aliphatic rings. The molecule has 1 aromatic heterocycles. The van der Waals surface area contributed by atoms with Crippen LogP contribution in [0, 0.1) is 0 Å². The highest BCUT2D eigenvalue weighted by atomic mass is 16.5. The number of carbonyl (C=O) groups excluding carboxylic acids is 2. The lowest BCUT2D eigenvalue weighted by Crippen LogP contribution is -2.18. The van der Waals surface area contributed by atoms with Gasteiger partial charge in [-0.1, -0.05) is 30.3 Å². The Labute approximate surface area is 124 Å². The fourth-order valence-electron chi connectivity index (χ4n) is 2.02. The van der Waals surface area contributed by atoms with Gasteiger partial charge in [0.05, 0.1) is 0 Å². The number of para-hydroxylation sites is 1. The van der Waals surface area contributed by atoms with Crippen LogP contribution in [0.4, 0.5) is 0 Å². The topological polar surface area (TPSA) is 73.6 Å². The summed E-state index contributed by atoms with van der Waals surface area (Å²) in [6, 6.07) is 14.4. The van der Waals surface area contributed by atoms with Crippen LogP contribution in [0.25, 0.3) is 11.0 Å². The van der Waals surface area contributed by atoms with Gasteiger partial charge in [0.1, 0.15) is 23.2 Å². The second kappa shape index (κ2) is 5.65. The number of rotatable bonds is 3. The Hall–Kier alpha value is -3.21. The molecule has 0 amide bonds. The van der Waals surface area contributed by atoms with E-state index in [0.717, 1.165) is 0 Å². The SMILES string of the molecule is O=Cc1cccc(OC(=O)c2cc3ccccc3oc2=O)c1. The van der Waals surface area contributed by atoms with Gasteiger partial charge in [-0.05, 0) is 24.3 Å². The molecule has 0 N–H and O–H groups in total. The first-order valence-electron chi connectivity index (χ1n) is 6.48. The molecule has 22 heavy (non-hydrogen) atoms. The minimum Gasteiger partial charge on any atom is -0.423 e. The van der Waals surface area contributed by atoms with Crippen LogP contribution in [-0.2, 0) is 0 Å². The molecule has 2 aromatic carbocycles. The Morgan fingerprint density at radius 3 is 2.68 bits per heavy atom. The van der Waals surface area contributed by atoms with E-state index in [2.05, 4.69) is 0 Å². The highest BCUT2D eigenvalue weighted by Crippen LogP contribution is 2.16. The van der Waals surface area contributed by atoms with E-state index >= 15 is 0 Å². The average Bonchev–Trinajstić information content (AvgIpc) is 2.54. The van der Waals surface area contributed by atoms with E-state index in [-0.39, 0.29) is 11.3 Å². The zero-order valence-corrected chi connectivity index (χ0v) is 11.3. The van der Waals surface area contributed by atoms with E-state index < -0.39 is 11.6 Å². The Kier molecular flexibility index (Phi) is 3.53. The van der Waals surface area contributed by atoms with Gasteiger partial charge >= 0.3 is 11.6 Å². The minimum atomic E-state index is -0.831. The molecule has 5 nitrogen and oxygen atoms in total. The van der Waals surface area contributed by atoms with Crippen molar-refractivity contribution >= 4 is 23.2 Å². The fraction of sp³-hybridized carbons (Fsp3) is 0. The number of carbonyl (C=O) groups is 2. The molecule has 0 spiro atoms. The average molecular weight is 294 g/mol. The minimum absolute atomic E-state index is 0.183. The predicted octanol–water partition coefficient (Wildman–Crippen LogP) is 2.82. The molecule has 0 atom stereocenters. The van der Waals surface area contributed by atoms with Crippen LogP contribution < -0.4 is 10.4 Å². The number of ether oxygens (including phenoxy) is 1. The molecule has 3 aromatic rings. The van der Waals surface area contributed by atoms with E-state index in [9.17, 15) is 14.4 Å². The third-order valence-electron chi connectivity index (χ3n) is 3.07. The largest absolute Gasteiger partial charge is 0.423 e. The Balaban J connectivity index is 1.96. The molecule has 0 saturated carbocycles. The summed E-state index contributed by atoms with van der Waals surface area (Å²) in [6.07, 6.45) is 0.641. The van der Waals surface area contributed by atoms with Gasteiger partial charge in [-0.2, -0.15) is 0 Å².